The van der Waals surface area contributed by atoms with Crippen LogP contribution in [0.2, 0.25) is 10.0 Å². The number of rotatable bonds is 7. The first-order chi connectivity index (χ1) is 23.7. The third kappa shape index (κ3) is 4.97. The van der Waals surface area contributed by atoms with Crippen molar-refractivity contribution in [1.29, 1.82) is 5.26 Å². The number of pyridine rings is 2. The van der Waals surface area contributed by atoms with Gasteiger partial charge in [0, 0.05) is 71.6 Å². The summed E-state index contributed by atoms with van der Waals surface area (Å²) in [4.78, 5) is 26.0. The van der Waals surface area contributed by atoms with Gasteiger partial charge >= 0.3 is 6.03 Å². The van der Waals surface area contributed by atoms with Crippen molar-refractivity contribution >= 4 is 56.7 Å². The van der Waals surface area contributed by atoms with Crippen molar-refractivity contribution in [1.82, 2.24) is 24.8 Å². The predicted molar refractivity (Wildman–Crippen MR) is 187 cm³/mol. The molecule has 1 aliphatic carbocycles. The van der Waals surface area contributed by atoms with Crippen LogP contribution in [0.15, 0.2) is 48.8 Å². The number of urea groups is 1. The number of aryl methyl sites for hydroxylation is 2. The van der Waals surface area contributed by atoms with Crippen molar-refractivity contribution in [3.63, 3.8) is 0 Å². The van der Waals surface area contributed by atoms with Gasteiger partial charge in [-0.15, -0.1) is 0 Å². The second-order valence-electron chi connectivity index (χ2n) is 13.3. The lowest BCUT2D eigenvalue weighted by molar-refractivity contribution is 0.165. The highest BCUT2D eigenvalue weighted by Crippen LogP contribution is 2.50. The fraction of sp³-hybridized carbons (Fsp3) is 0.351. The van der Waals surface area contributed by atoms with E-state index >= 15 is 4.39 Å². The number of nitriles is 1. The first kappa shape index (κ1) is 31.9. The Hall–Kier alpha value is -4.30. The molecule has 12 heteroatoms. The SMILES string of the molecule is Cc1nc2c(F)c(-c3cccc(Cl)c3Cl)c(CCC#N)cc2c2c1cc(C(C)N1CCCN(c3ccncc3F)C1=O)n2C1C2CNC1C2. The van der Waals surface area contributed by atoms with Crippen molar-refractivity contribution in [2.45, 2.75) is 57.7 Å². The minimum Gasteiger partial charge on any atom is -0.337 e. The molecule has 9 rings (SSSR count). The molecule has 3 saturated heterocycles. The van der Waals surface area contributed by atoms with E-state index < -0.39 is 11.6 Å². The van der Waals surface area contributed by atoms with Gasteiger partial charge in [0.15, 0.2) is 11.6 Å². The van der Waals surface area contributed by atoms with Gasteiger partial charge in [-0.05, 0) is 68.9 Å². The van der Waals surface area contributed by atoms with Gasteiger partial charge in [-0.1, -0.05) is 35.3 Å². The summed E-state index contributed by atoms with van der Waals surface area (Å²) in [7, 11) is 0. The third-order valence-electron chi connectivity index (χ3n) is 10.6. The summed E-state index contributed by atoms with van der Waals surface area (Å²) in [6.45, 7) is 5.67. The predicted octanol–water partition coefficient (Wildman–Crippen LogP) is 8.53. The third-order valence-corrected chi connectivity index (χ3v) is 11.4. The number of carbonyl (C=O) groups excluding carboxylic acids is 1. The van der Waals surface area contributed by atoms with Crippen LogP contribution in [0, 0.1) is 35.8 Å². The molecule has 5 aromatic rings. The average Bonchev–Trinajstić information content (AvgIpc) is 3.83. The standard InChI is InChI=1S/C37H33Cl2F2N7O/c1-19-24-16-30(20(2)46-12-5-13-47(37(46)49)29-9-11-43-18-27(29)40)48(35-22-15-28(35)44-17-22)36(24)25-14-21(6-4-10-42)31(33(41)34(25)45-19)23-7-3-8-26(38)32(23)39/h3,7-9,11,14,16,18,20,22,28,35,44H,4-6,12-13,15,17H2,1-2H3. The summed E-state index contributed by atoms with van der Waals surface area (Å²) >= 11 is 13.0. The Labute approximate surface area is 292 Å². The lowest BCUT2D eigenvalue weighted by Crippen LogP contribution is -2.51. The molecule has 1 saturated carbocycles. The zero-order valence-corrected chi connectivity index (χ0v) is 28.5. The lowest BCUT2D eigenvalue weighted by Gasteiger charge is -2.42. The molecular formula is C37H33Cl2F2N7O. The highest BCUT2D eigenvalue weighted by molar-refractivity contribution is 6.43. The van der Waals surface area contributed by atoms with E-state index in [4.69, 9.17) is 28.2 Å². The van der Waals surface area contributed by atoms with Gasteiger partial charge in [0.2, 0.25) is 0 Å². The molecule has 3 aromatic heterocycles. The van der Waals surface area contributed by atoms with E-state index in [2.05, 4.69) is 27.0 Å². The number of amides is 2. The molecule has 2 amide bonds. The summed E-state index contributed by atoms with van der Waals surface area (Å²) < 4.78 is 34.2. The Balaban J connectivity index is 1.34. The first-order valence-electron chi connectivity index (χ1n) is 16.6. The quantitative estimate of drug-likeness (QED) is 0.184. The summed E-state index contributed by atoms with van der Waals surface area (Å²) in [5.41, 5.74) is 4.24. The highest BCUT2D eigenvalue weighted by Gasteiger charge is 2.49. The highest BCUT2D eigenvalue weighted by atomic mass is 35.5. The Bertz CT molecular complexity index is 2200. The molecule has 0 spiro atoms. The van der Waals surface area contributed by atoms with Gasteiger partial charge in [-0.3, -0.25) is 9.88 Å². The fourth-order valence-corrected chi connectivity index (χ4v) is 8.63. The molecule has 0 radical (unpaired) electrons. The van der Waals surface area contributed by atoms with E-state index in [0.717, 1.165) is 35.8 Å². The van der Waals surface area contributed by atoms with Gasteiger partial charge in [-0.2, -0.15) is 5.26 Å². The van der Waals surface area contributed by atoms with Gasteiger partial charge < -0.3 is 14.8 Å². The molecule has 4 atom stereocenters. The van der Waals surface area contributed by atoms with Crippen LogP contribution in [0.25, 0.3) is 32.9 Å². The average molecular weight is 701 g/mol. The van der Waals surface area contributed by atoms with E-state index in [1.54, 1.807) is 23.1 Å². The number of benzene rings is 2. The van der Waals surface area contributed by atoms with E-state index in [1.807, 2.05) is 19.9 Å². The molecule has 8 nitrogen and oxygen atoms in total. The molecule has 3 aliphatic heterocycles. The Kier molecular flexibility index (Phi) is 7.97. The summed E-state index contributed by atoms with van der Waals surface area (Å²) in [5.74, 6) is -0.683. The summed E-state index contributed by atoms with van der Waals surface area (Å²) in [6, 6.07) is 12.6. The van der Waals surface area contributed by atoms with Crippen LogP contribution in [-0.2, 0) is 6.42 Å². The number of halogens is 4. The smallest absolute Gasteiger partial charge is 0.325 e. The van der Waals surface area contributed by atoms with Crippen LogP contribution in [0.5, 0.6) is 0 Å². The second kappa shape index (κ2) is 12.2. The Morgan fingerprint density at radius 1 is 1.16 bits per heavy atom. The van der Waals surface area contributed by atoms with Gasteiger partial charge in [-0.25, -0.2) is 18.6 Å². The number of nitrogens with one attached hydrogen (secondary N) is 1. The minimum absolute atomic E-state index is 0.0984. The monoisotopic (exact) mass is 699 g/mol. The molecule has 2 aromatic carbocycles. The van der Waals surface area contributed by atoms with Gasteiger partial charge in [0.1, 0.15) is 5.52 Å². The van der Waals surface area contributed by atoms with Crippen molar-refractivity contribution in [3.05, 3.63) is 87.4 Å². The van der Waals surface area contributed by atoms with Crippen LogP contribution < -0.4 is 10.2 Å². The van der Waals surface area contributed by atoms with Crippen molar-refractivity contribution in [2.24, 2.45) is 5.92 Å². The molecule has 49 heavy (non-hydrogen) atoms. The Morgan fingerprint density at radius 3 is 2.73 bits per heavy atom. The molecule has 4 fully saturated rings. The first-order valence-corrected chi connectivity index (χ1v) is 17.3. The van der Waals surface area contributed by atoms with Crippen LogP contribution in [0.3, 0.4) is 0 Å². The topological polar surface area (TPSA) is 90.1 Å². The lowest BCUT2D eigenvalue weighted by atomic mass is 9.79. The van der Waals surface area contributed by atoms with E-state index in [-0.39, 0.29) is 46.8 Å². The number of hydrogen-bond acceptors (Lipinski definition) is 5. The number of aromatic nitrogens is 3. The van der Waals surface area contributed by atoms with Crippen LogP contribution in [-0.4, -0.2) is 51.1 Å². The van der Waals surface area contributed by atoms with Gasteiger partial charge in [0.05, 0.1) is 45.6 Å². The zero-order valence-electron chi connectivity index (χ0n) is 27.0. The van der Waals surface area contributed by atoms with Crippen molar-refractivity contribution in [2.75, 3.05) is 24.5 Å². The summed E-state index contributed by atoms with van der Waals surface area (Å²) in [6.07, 6.45) is 4.81. The molecule has 4 aliphatic rings. The molecule has 4 unspecified atom stereocenters. The molecule has 6 heterocycles. The normalized spacial score (nSPS) is 21.0. The van der Waals surface area contributed by atoms with Crippen LogP contribution in [0.4, 0.5) is 19.3 Å². The van der Waals surface area contributed by atoms with Crippen molar-refractivity contribution < 1.29 is 13.6 Å². The molecule has 250 valence electrons. The minimum atomic E-state index is -0.544. The Morgan fingerprint density at radius 2 is 2.00 bits per heavy atom. The molecular weight excluding hydrogens is 667 g/mol. The molecule has 2 bridgehead atoms. The number of fused-ring (bicyclic) bond motifs is 4. The fourth-order valence-electron chi connectivity index (χ4n) is 8.24. The van der Waals surface area contributed by atoms with Crippen molar-refractivity contribution in [3.8, 4) is 17.2 Å². The maximum Gasteiger partial charge on any atom is 0.325 e. The number of hydrogen-bond donors (Lipinski definition) is 1. The summed E-state index contributed by atoms with van der Waals surface area (Å²) in [5, 5.41) is 15.2. The largest absolute Gasteiger partial charge is 0.337 e. The van der Waals surface area contributed by atoms with Crippen LogP contribution >= 0.6 is 23.2 Å². The second-order valence-corrected chi connectivity index (χ2v) is 14.0. The van der Waals surface area contributed by atoms with E-state index in [9.17, 15) is 14.4 Å². The van der Waals surface area contributed by atoms with E-state index in [1.165, 1.54) is 17.2 Å². The zero-order chi connectivity index (χ0) is 34.1. The maximum absolute atomic E-state index is 17.0. The molecule has 1 N–H and O–H groups in total. The number of nitrogens with zero attached hydrogens (tertiary/aromatic N) is 6. The number of carbonyl (C=O) groups is 1. The number of anilines is 1. The van der Waals surface area contributed by atoms with E-state index in [0.29, 0.717) is 64.6 Å². The van der Waals surface area contributed by atoms with Gasteiger partial charge in [0.25, 0.3) is 0 Å². The van der Waals surface area contributed by atoms with Crippen LogP contribution in [0.1, 0.15) is 55.2 Å². The maximum atomic E-state index is 17.0.